The van der Waals surface area contributed by atoms with Gasteiger partial charge in [-0.1, -0.05) is 6.07 Å². The number of aliphatic hydroxyl groups is 3. The third-order valence-corrected chi connectivity index (χ3v) is 8.54. The van der Waals surface area contributed by atoms with Crippen LogP contribution in [-0.2, 0) is 22.6 Å². The van der Waals surface area contributed by atoms with Crippen LogP contribution in [0.1, 0.15) is 40.7 Å². The number of hydrogen-bond acceptors (Lipinski definition) is 9. The molecule has 6 N–H and O–H groups in total. The number of nitrogens with zero attached hydrogens (tertiary/aromatic N) is 2. The molecule has 5 atom stereocenters. The molecule has 1 saturated heterocycles. The number of aromatic hydroxyl groups is 1. The molecule has 4 aliphatic rings. The zero-order valence-corrected chi connectivity index (χ0v) is 21.3. The molecule has 10 nitrogen and oxygen atoms in total. The van der Waals surface area contributed by atoms with E-state index in [1.807, 2.05) is 4.90 Å². The standard InChI is InChI=1S/C27H32FN3O7/c1-30(2)21-16-9-13-8-15-12(10-31-7-3-4-14(28)11-31)5-6-17(32)19(15)22(33)18(13)24(35)27(16,38)25(36)20(23(21)34)26(29)37/h5-6,13-14,16,21,32,34-35,38H,3-4,7-11H2,1-2H3,(H2,29,37)/t13-,14?,16-,21-,27-/m0/s1. The fourth-order valence-electron chi connectivity index (χ4n) is 6.85. The molecule has 1 aromatic rings. The number of alkyl halides is 1. The van der Waals surface area contributed by atoms with Gasteiger partial charge in [0.05, 0.1) is 11.6 Å². The van der Waals surface area contributed by atoms with Gasteiger partial charge in [-0.15, -0.1) is 0 Å². The lowest BCUT2D eigenvalue weighted by molar-refractivity contribution is -0.148. The number of rotatable bonds is 4. The van der Waals surface area contributed by atoms with Gasteiger partial charge in [0.15, 0.2) is 11.4 Å². The van der Waals surface area contributed by atoms with E-state index in [0.717, 1.165) is 5.56 Å². The Balaban J connectivity index is 1.62. The molecule has 0 spiro atoms. The van der Waals surface area contributed by atoms with Crippen LogP contribution in [0.2, 0.25) is 0 Å². The van der Waals surface area contributed by atoms with Crippen LogP contribution in [0, 0.1) is 11.8 Å². The molecule has 1 aliphatic heterocycles. The first-order chi connectivity index (χ1) is 17.9. The number of aliphatic hydroxyl groups excluding tert-OH is 2. The van der Waals surface area contributed by atoms with Gasteiger partial charge in [0.25, 0.3) is 5.91 Å². The molecule has 0 bridgehead atoms. The Hall–Kier alpha value is -3.28. The number of hydrogen-bond donors (Lipinski definition) is 5. The van der Waals surface area contributed by atoms with Crippen molar-refractivity contribution in [1.29, 1.82) is 0 Å². The van der Waals surface area contributed by atoms with E-state index < -0.39 is 64.2 Å². The molecular weight excluding hydrogens is 497 g/mol. The lowest BCUT2D eigenvalue weighted by Crippen LogP contribution is -2.63. The number of halogens is 1. The van der Waals surface area contributed by atoms with Crippen molar-refractivity contribution in [2.24, 2.45) is 17.6 Å². The number of allylic oxidation sites excluding steroid dienone is 1. The van der Waals surface area contributed by atoms with Gasteiger partial charge in [-0.05, 0) is 69.4 Å². The number of carbonyl (C=O) groups excluding carboxylic acids is 3. The van der Waals surface area contributed by atoms with Crippen LogP contribution < -0.4 is 5.73 Å². The van der Waals surface area contributed by atoms with Gasteiger partial charge in [-0.25, -0.2) is 4.39 Å². The minimum Gasteiger partial charge on any atom is -0.510 e. The molecule has 11 heteroatoms. The average Bonchev–Trinajstić information content (AvgIpc) is 2.83. The van der Waals surface area contributed by atoms with Crippen molar-refractivity contribution in [3.8, 4) is 5.75 Å². The zero-order chi connectivity index (χ0) is 27.7. The molecule has 1 aromatic carbocycles. The minimum absolute atomic E-state index is 0.0249. The van der Waals surface area contributed by atoms with Gasteiger partial charge in [0, 0.05) is 24.6 Å². The van der Waals surface area contributed by atoms with Gasteiger partial charge in [-0.2, -0.15) is 0 Å². The average molecular weight is 530 g/mol. The number of phenols is 1. The molecule has 3 aliphatic carbocycles. The number of carbonyl (C=O) groups is 3. The lowest BCUT2D eigenvalue weighted by Gasteiger charge is -2.50. The third kappa shape index (κ3) is 3.75. The van der Waals surface area contributed by atoms with Crippen molar-refractivity contribution in [1.82, 2.24) is 9.80 Å². The van der Waals surface area contributed by atoms with Crippen LogP contribution in [0.15, 0.2) is 34.8 Å². The highest BCUT2D eigenvalue weighted by molar-refractivity contribution is 6.24. The maximum absolute atomic E-state index is 14.0. The number of likely N-dealkylation sites (tertiary alicyclic amines) is 1. The molecular formula is C27H32FN3O7. The second kappa shape index (κ2) is 9.18. The number of ketones is 2. The quantitative estimate of drug-likeness (QED) is 0.359. The maximum atomic E-state index is 14.0. The Labute approximate surface area is 218 Å². The van der Waals surface area contributed by atoms with Crippen LogP contribution in [-0.4, -0.2) is 92.7 Å². The fourth-order valence-corrected chi connectivity index (χ4v) is 6.85. The third-order valence-electron chi connectivity index (χ3n) is 8.54. The van der Waals surface area contributed by atoms with Crippen LogP contribution in [0.5, 0.6) is 5.75 Å². The summed E-state index contributed by atoms with van der Waals surface area (Å²) in [5.41, 5.74) is 2.95. The minimum atomic E-state index is -2.66. The summed E-state index contributed by atoms with van der Waals surface area (Å²) in [6, 6.07) is 2.04. The SMILES string of the molecule is CN(C)[C@@H]1C(O)=C(C(N)=O)C(=O)[C@@]2(O)C(O)=C3C(=O)c4c(O)ccc(CN5CCCC(F)C5)c4C[C@H]3C[C@@H]12. The molecule has 38 heavy (non-hydrogen) atoms. The number of benzene rings is 1. The summed E-state index contributed by atoms with van der Waals surface area (Å²) in [5.74, 6) is -6.78. The Morgan fingerprint density at radius 1 is 1.24 bits per heavy atom. The Kier molecular flexibility index (Phi) is 6.36. The van der Waals surface area contributed by atoms with E-state index in [1.54, 1.807) is 20.2 Å². The van der Waals surface area contributed by atoms with Crippen molar-refractivity contribution in [2.75, 3.05) is 27.2 Å². The van der Waals surface area contributed by atoms with E-state index in [-0.39, 0.29) is 36.3 Å². The number of nitrogens with two attached hydrogens (primary N) is 1. The van der Waals surface area contributed by atoms with Crippen molar-refractivity contribution >= 4 is 17.5 Å². The summed E-state index contributed by atoms with van der Waals surface area (Å²) in [7, 11) is 3.17. The molecule has 204 valence electrons. The summed E-state index contributed by atoms with van der Waals surface area (Å²) in [4.78, 5) is 42.6. The molecule has 1 amide bonds. The van der Waals surface area contributed by atoms with Crippen molar-refractivity contribution < 1.29 is 39.2 Å². The van der Waals surface area contributed by atoms with Crippen molar-refractivity contribution in [2.45, 2.75) is 50.0 Å². The van der Waals surface area contributed by atoms with Gasteiger partial charge < -0.3 is 26.2 Å². The normalized spacial score (nSPS) is 31.8. The van der Waals surface area contributed by atoms with Crippen molar-refractivity contribution in [3.63, 3.8) is 0 Å². The predicted octanol–water partition coefficient (Wildman–Crippen LogP) is 1.05. The van der Waals surface area contributed by atoms with Gasteiger partial charge >= 0.3 is 0 Å². The molecule has 1 fully saturated rings. The Morgan fingerprint density at radius 2 is 1.95 bits per heavy atom. The van der Waals surface area contributed by atoms with E-state index in [1.165, 1.54) is 11.0 Å². The van der Waals surface area contributed by atoms with Gasteiger partial charge in [0.2, 0.25) is 5.78 Å². The summed E-state index contributed by atoms with van der Waals surface area (Å²) in [6.07, 6.45) is 0.530. The number of piperidine rings is 1. The van der Waals surface area contributed by atoms with Crippen LogP contribution >= 0.6 is 0 Å². The highest BCUT2D eigenvalue weighted by atomic mass is 19.1. The number of phenolic OH excluding ortho intramolecular Hbond substituents is 1. The summed E-state index contributed by atoms with van der Waals surface area (Å²) < 4.78 is 14.0. The van der Waals surface area contributed by atoms with E-state index in [2.05, 4.69) is 0 Å². The first kappa shape index (κ1) is 26.3. The van der Waals surface area contributed by atoms with Crippen LogP contribution in [0.4, 0.5) is 4.39 Å². The second-order valence-electron chi connectivity index (χ2n) is 11.0. The lowest BCUT2D eigenvalue weighted by atomic mass is 9.58. The monoisotopic (exact) mass is 529 g/mol. The van der Waals surface area contributed by atoms with Crippen LogP contribution in [0.25, 0.3) is 0 Å². The topological polar surface area (TPSA) is 165 Å². The summed E-state index contributed by atoms with van der Waals surface area (Å²) in [5, 5.41) is 44.5. The van der Waals surface area contributed by atoms with E-state index >= 15 is 0 Å². The van der Waals surface area contributed by atoms with Crippen molar-refractivity contribution in [3.05, 3.63) is 51.5 Å². The van der Waals surface area contributed by atoms with E-state index in [0.29, 0.717) is 31.5 Å². The van der Waals surface area contributed by atoms with Gasteiger partial charge in [0.1, 0.15) is 29.0 Å². The molecule has 0 radical (unpaired) electrons. The maximum Gasteiger partial charge on any atom is 0.255 e. The molecule has 1 heterocycles. The van der Waals surface area contributed by atoms with E-state index in [9.17, 15) is 39.2 Å². The highest BCUT2D eigenvalue weighted by Crippen LogP contribution is 2.52. The smallest absolute Gasteiger partial charge is 0.255 e. The fraction of sp³-hybridized carbons (Fsp3) is 0.519. The largest absolute Gasteiger partial charge is 0.510 e. The molecule has 0 saturated carbocycles. The highest BCUT2D eigenvalue weighted by Gasteiger charge is 2.63. The number of likely N-dealkylation sites (N-methyl/N-ethyl adjacent to an activating group) is 1. The first-order valence-electron chi connectivity index (χ1n) is 12.7. The Morgan fingerprint density at radius 3 is 2.58 bits per heavy atom. The number of fused-ring (bicyclic) bond motifs is 3. The van der Waals surface area contributed by atoms with E-state index in [4.69, 9.17) is 5.73 Å². The Bertz CT molecular complexity index is 1310. The summed E-state index contributed by atoms with van der Waals surface area (Å²) >= 11 is 0. The van der Waals surface area contributed by atoms with Gasteiger partial charge in [-0.3, -0.25) is 24.2 Å². The molecule has 1 unspecified atom stereocenters. The van der Waals surface area contributed by atoms with Crippen LogP contribution in [0.3, 0.4) is 0 Å². The summed E-state index contributed by atoms with van der Waals surface area (Å²) in [6.45, 7) is 1.36. The zero-order valence-electron chi connectivity index (χ0n) is 21.3. The predicted molar refractivity (Wildman–Crippen MR) is 133 cm³/mol. The number of primary amides is 1. The number of amides is 1. The number of Topliss-reactive ketones (excluding diaryl/α,β-unsaturated/α-hetero) is 2. The second-order valence-corrected chi connectivity index (χ2v) is 11.0. The first-order valence-corrected chi connectivity index (χ1v) is 12.7. The molecule has 0 aromatic heterocycles. The molecule has 5 rings (SSSR count).